The highest BCUT2D eigenvalue weighted by atomic mass is 19.4. The molecule has 1 aliphatic rings. The van der Waals surface area contributed by atoms with Gasteiger partial charge in [0.2, 0.25) is 6.41 Å². The van der Waals surface area contributed by atoms with Crippen molar-refractivity contribution in [1.29, 1.82) is 0 Å². The molecule has 0 atom stereocenters. The van der Waals surface area contributed by atoms with Gasteiger partial charge in [-0.05, 0) is 40.8 Å². The molecule has 0 saturated heterocycles. The van der Waals surface area contributed by atoms with Crippen molar-refractivity contribution in [3.63, 3.8) is 0 Å². The van der Waals surface area contributed by atoms with E-state index in [2.05, 4.69) is 0 Å². The van der Waals surface area contributed by atoms with Gasteiger partial charge in [-0.15, -0.1) is 0 Å². The zero-order valence-corrected chi connectivity index (χ0v) is 11.7. The van der Waals surface area contributed by atoms with E-state index in [-0.39, 0.29) is 0 Å². The number of hydrogen-bond acceptors (Lipinski definition) is 1. The van der Waals surface area contributed by atoms with Crippen LogP contribution in [0.4, 0.5) is 13.2 Å². The minimum absolute atomic E-state index is 0.589. The Morgan fingerprint density at radius 2 is 1.64 bits per heavy atom. The molecule has 0 fully saturated rings. The van der Waals surface area contributed by atoms with E-state index in [0.29, 0.717) is 13.1 Å². The van der Waals surface area contributed by atoms with Crippen LogP contribution in [0.2, 0.25) is 0 Å². The van der Waals surface area contributed by atoms with Crippen molar-refractivity contribution >= 4 is 6.41 Å². The van der Waals surface area contributed by atoms with Crippen LogP contribution in [-0.2, 0) is 23.9 Å². The van der Waals surface area contributed by atoms with Gasteiger partial charge in [0.05, 0.1) is 5.56 Å². The van der Waals surface area contributed by atoms with Gasteiger partial charge < -0.3 is 4.90 Å². The lowest BCUT2D eigenvalue weighted by Gasteiger charge is -2.25. The number of halogens is 3. The average molecular weight is 305 g/mol. The third-order valence-corrected chi connectivity index (χ3v) is 3.94. The smallest absolute Gasteiger partial charge is 0.341 e. The first-order valence-electron chi connectivity index (χ1n) is 6.96. The maximum Gasteiger partial charge on any atom is 0.416 e. The highest BCUT2D eigenvalue weighted by Gasteiger charge is 2.30. The molecule has 5 heteroatoms. The Bertz CT molecular complexity index is 692. The van der Waals surface area contributed by atoms with Crippen LogP contribution in [0.5, 0.6) is 0 Å². The minimum atomic E-state index is -4.31. The van der Waals surface area contributed by atoms with Gasteiger partial charge in [-0.25, -0.2) is 0 Å². The van der Waals surface area contributed by atoms with Crippen LogP contribution in [0.3, 0.4) is 0 Å². The first kappa shape index (κ1) is 14.6. The van der Waals surface area contributed by atoms with Gasteiger partial charge in [0.25, 0.3) is 0 Å². The van der Waals surface area contributed by atoms with Crippen LogP contribution in [0.25, 0.3) is 11.1 Å². The molecule has 0 aromatic heterocycles. The summed E-state index contributed by atoms with van der Waals surface area (Å²) in [7, 11) is 0. The number of rotatable bonds is 2. The lowest BCUT2D eigenvalue weighted by molar-refractivity contribution is -0.137. The predicted octanol–water partition coefficient (Wildman–Crippen LogP) is 3.89. The van der Waals surface area contributed by atoms with Crippen molar-refractivity contribution in [3.05, 3.63) is 59.2 Å². The van der Waals surface area contributed by atoms with Crippen molar-refractivity contribution in [2.75, 3.05) is 6.54 Å². The molecule has 2 nitrogen and oxygen atoms in total. The fourth-order valence-corrected chi connectivity index (χ4v) is 2.70. The Hall–Kier alpha value is -2.30. The molecule has 2 aromatic rings. The van der Waals surface area contributed by atoms with E-state index in [4.69, 9.17) is 0 Å². The minimum Gasteiger partial charge on any atom is -0.341 e. The second kappa shape index (κ2) is 5.48. The molecular formula is C17H14F3NO. The molecule has 0 bridgehead atoms. The van der Waals surface area contributed by atoms with Gasteiger partial charge >= 0.3 is 6.18 Å². The molecule has 0 radical (unpaired) electrons. The molecule has 22 heavy (non-hydrogen) atoms. The molecule has 1 amide bonds. The lowest BCUT2D eigenvalue weighted by Crippen LogP contribution is -2.29. The van der Waals surface area contributed by atoms with Gasteiger partial charge in [0, 0.05) is 13.1 Å². The molecule has 0 saturated carbocycles. The van der Waals surface area contributed by atoms with E-state index >= 15 is 0 Å². The summed E-state index contributed by atoms with van der Waals surface area (Å²) in [6.07, 6.45) is -2.71. The Morgan fingerprint density at radius 3 is 2.27 bits per heavy atom. The molecule has 1 aliphatic heterocycles. The standard InChI is InChI=1S/C17H14F3NO/c18-17(19,20)16-5-3-12(4-6-16)13-1-2-15-10-21(11-22)8-7-14(15)9-13/h1-6,9,11H,7-8,10H2. The summed E-state index contributed by atoms with van der Waals surface area (Å²) in [5, 5.41) is 0. The zero-order chi connectivity index (χ0) is 15.7. The summed E-state index contributed by atoms with van der Waals surface area (Å²) >= 11 is 0. The monoisotopic (exact) mass is 305 g/mol. The highest BCUT2D eigenvalue weighted by molar-refractivity contribution is 5.66. The summed E-state index contributed by atoms with van der Waals surface area (Å²) < 4.78 is 37.8. The number of carbonyl (C=O) groups excluding carboxylic acids is 1. The van der Waals surface area contributed by atoms with Crippen LogP contribution < -0.4 is 0 Å². The van der Waals surface area contributed by atoms with Gasteiger partial charge in [-0.2, -0.15) is 13.2 Å². The van der Waals surface area contributed by atoms with Crippen LogP contribution >= 0.6 is 0 Å². The molecule has 0 N–H and O–H groups in total. The average Bonchev–Trinajstić information content (AvgIpc) is 2.53. The first-order chi connectivity index (χ1) is 10.5. The quantitative estimate of drug-likeness (QED) is 0.771. The largest absolute Gasteiger partial charge is 0.416 e. The fraction of sp³-hybridized carbons (Fsp3) is 0.235. The van der Waals surface area contributed by atoms with Crippen molar-refractivity contribution in [2.45, 2.75) is 19.1 Å². The Kier molecular flexibility index (Phi) is 3.64. The number of fused-ring (bicyclic) bond motifs is 1. The van der Waals surface area contributed by atoms with E-state index in [0.717, 1.165) is 47.2 Å². The second-order valence-electron chi connectivity index (χ2n) is 5.38. The summed E-state index contributed by atoms with van der Waals surface area (Å²) in [4.78, 5) is 12.5. The lowest BCUT2D eigenvalue weighted by atomic mass is 9.94. The van der Waals surface area contributed by atoms with Gasteiger partial charge in [-0.1, -0.05) is 30.3 Å². The highest BCUT2D eigenvalue weighted by Crippen LogP contribution is 2.32. The number of carbonyl (C=O) groups is 1. The second-order valence-corrected chi connectivity index (χ2v) is 5.38. The van der Waals surface area contributed by atoms with E-state index in [1.54, 1.807) is 4.90 Å². The Labute approximate surface area is 126 Å². The summed E-state index contributed by atoms with van der Waals surface area (Å²) in [6.45, 7) is 1.26. The van der Waals surface area contributed by atoms with Crippen molar-refractivity contribution in [3.8, 4) is 11.1 Å². The molecule has 0 spiro atoms. The number of alkyl halides is 3. The van der Waals surface area contributed by atoms with Crippen molar-refractivity contribution < 1.29 is 18.0 Å². The van der Waals surface area contributed by atoms with E-state index < -0.39 is 11.7 Å². The Balaban J connectivity index is 1.89. The first-order valence-corrected chi connectivity index (χ1v) is 6.96. The third kappa shape index (κ3) is 2.84. The van der Waals surface area contributed by atoms with Crippen molar-refractivity contribution in [1.82, 2.24) is 4.90 Å². The molecular weight excluding hydrogens is 291 g/mol. The number of hydrogen-bond donors (Lipinski definition) is 0. The van der Waals surface area contributed by atoms with Gasteiger partial charge in [0.1, 0.15) is 0 Å². The maximum absolute atomic E-state index is 12.6. The topological polar surface area (TPSA) is 20.3 Å². The SMILES string of the molecule is O=CN1CCc2cc(-c3ccc(C(F)(F)F)cc3)ccc2C1. The van der Waals surface area contributed by atoms with E-state index in [9.17, 15) is 18.0 Å². The van der Waals surface area contributed by atoms with Crippen LogP contribution in [-0.4, -0.2) is 17.9 Å². The van der Waals surface area contributed by atoms with E-state index in [1.807, 2.05) is 18.2 Å². The summed E-state index contributed by atoms with van der Waals surface area (Å²) in [6, 6.07) is 11.0. The van der Waals surface area contributed by atoms with Crippen LogP contribution in [0.15, 0.2) is 42.5 Å². The zero-order valence-electron chi connectivity index (χ0n) is 11.7. The molecule has 2 aromatic carbocycles. The van der Waals surface area contributed by atoms with Gasteiger partial charge in [0.15, 0.2) is 0 Å². The summed E-state index contributed by atoms with van der Waals surface area (Å²) in [5.74, 6) is 0. The third-order valence-electron chi connectivity index (χ3n) is 3.94. The number of benzene rings is 2. The predicted molar refractivity (Wildman–Crippen MR) is 77.1 cm³/mol. The number of amides is 1. The molecule has 0 aliphatic carbocycles. The normalized spacial score (nSPS) is 14.6. The van der Waals surface area contributed by atoms with E-state index in [1.165, 1.54) is 12.1 Å². The van der Waals surface area contributed by atoms with Gasteiger partial charge in [-0.3, -0.25) is 4.79 Å². The molecule has 3 rings (SSSR count). The van der Waals surface area contributed by atoms with Crippen molar-refractivity contribution in [2.24, 2.45) is 0 Å². The summed E-state index contributed by atoms with van der Waals surface area (Å²) in [5.41, 5.74) is 3.25. The van der Waals surface area contributed by atoms with Crippen LogP contribution in [0.1, 0.15) is 16.7 Å². The van der Waals surface area contributed by atoms with Crippen LogP contribution in [0, 0.1) is 0 Å². The molecule has 0 unspecified atom stereocenters. The maximum atomic E-state index is 12.6. The number of nitrogens with zero attached hydrogens (tertiary/aromatic N) is 1. The Morgan fingerprint density at radius 1 is 0.955 bits per heavy atom. The fourth-order valence-electron chi connectivity index (χ4n) is 2.70. The molecule has 1 heterocycles. The molecule has 114 valence electrons.